The Hall–Kier alpha value is -2.62. The molecular weight excluding hydrogens is 326 g/mol. The Balaban J connectivity index is 1.51. The van der Waals surface area contributed by atoms with Gasteiger partial charge in [0.25, 0.3) is 0 Å². The maximum absolute atomic E-state index is 12.3. The van der Waals surface area contributed by atoms with Gasteiger partial charge in [0.1, 0.15) is 5.58 Å². The molecule has 26 heavy (non-hydrogen) atoms. The minimum absolute atomic E-state index is 0.0260. The predicted octanol–water partition coefficient (Wildman–Crippen LogP) is 4.19. The first-order chi connectivity index (χ1) is 12.7. The molecule has 0 spiro atoms. The predicted molar refractivity (Wildman–Crippen MR) is 103 cm³/mol. The second-order valence-corrected chi connectivity index (χ2v) is 7.25. The summed E-state index contributed by atoms with van der Waals surface area (Å²) < 4.78 is 5.47. The third-order valence-electron chi connectivity index (χ3n) is 5.36. The Morgan fingerprint density at radius 3 is 2.58 bits per heavy atom. The lowest BCUT2D eigenvalue weighted by Gasteiger charge is -2.21. The van der Waals surface area contributed by atoms with Gasteiger partial charge < -0.3 is 9.73 Å². The van der Waals surface area contributed by atoms with E-state index in [0.29, 0.717) is 23.3 Å². The second kappa shape index (κ2) is 7.32. The van der Waals surface area contributed by atoms with Crippen LogP contribution in [0.3, 0.4) is 0 Å². The van der Waals surface area contributed by atoms with E-state index in [-0.39, 0.29) is 11.5 Å². The molecule has 1 heterocycles. The van der Waals surface area contributed by atoms with Gasteiger partial charge in [0.2, 0.25) is 5.91 Å². The van der Waals surface area contributed by atoms with E-state index < -0.39 is 0 Å². The van der Waals surface area contributed by atoms with E-state index in [9.17, 15) is 9.59 Å². The van der Waals surface area contributed by atoms with Crippen LogP contribution in [0.5, 0.6) is 0 Å². The molecule has 1 aliphatic carbocycles. The summed E-state index contributed by atoms with van der Waals surface area (Å²) >= 11 is 0. The van der Waals surface area contributed by atoms with Crippen LogP contribution in [-0.4, -0.2) is 12.5 Å². The van der Waals surface area contributed by atoms with Crippen molar-refractivity contribution in [1.82, 2.24) is 5.32 Å². The fraction of sp³-hybridized carbons (Fsp3) is 0.364. The zero-order valence-electron chi connectivity index (χ0n) is 14.8. The van der Waals surface area contributed by atoms with Crippen LogP contribution < -0.4 is 10.9 Å². The zero-order valence-corrected chi connectivity index (χ0v) is 14.8. The van der Waals surface area contributed by atoms with Crippen LogP contribution in [0.2, 0.25) is 0 Å². The average Bonchev–Trinajstić information content (AvgIpc) is 2.67. The third-order valence-corrected chi connectivity index (χ3v) is 5.36. The van der Waals surface area contributed by atoms with E-state index in [1.807, 2.05) is 36.4 Å². The summed E-state index contributed by atoms with van der Waals surface area (Å²) in [7, 11) is 0. The number of fused-ring (bicyclic) bond motifs is 3. The number of rotatable bonds is 4. The zero-order chi connectivity index (χ0) is 17.9. The summed E-state index contributed by atoms with van der Waals surface area (Å²) in [5.74, 6) is 0.645. The van der Waals surface area contributed by atoms with Crippen LogP contribution in [0.1, 0.15) is 37.7 Å². The van der Waals surface area contributed by atoms with Crippen LogP contribution in [-0.2, 0) is 11.2 Å². The molecule has 4 nitrogen and oxygen atoms in total. The molecule has 3 aromatic rings. The van der Waals surface area contributed by atoms with E-state index in [0.717, 1.165) is 22.9 Å². The van der Waals surface area contributed by atoms with Gasteiger partial charge in [-0.05, 0) is 41.8 Å². The Morgan fingerprint density at radius 1 is 1.00 bits per heavy atom. The minimum Gasteiger partial charge on any atom is -0.422 e. The van der Waals surface area contributed by atoms with Gasteiger partial charge in [-0.25, -0.2) is 4.79 Å². The molecule has 0 radical (unpaired) electrons. The van der Waals surface area contributed by atoms with Gasteiger partial charge in [-0.2, -0.15) is 0 Å². The fourth-order valence-corrected chi connectivity index (χ4v) is 3.93. The highest BCUT2D eigenvalue weighted by atomic mass is 16.4. The standard InChI is InChI=1S/C22H23NO3/c24-21(23-14-15-6-2-1-3-7-15)13-16-10-11-18-17-8-4-5-9-19(17)22(25)26-20(18)12-16/h4-5,8-12,15H,1-3,6-7,13-14H2,(H,23,24). The molecule has 0 saturated heterocycles. The number of hydrogen-bond donors (Lipinski definition) is 1. The number of amides is 1. The molecular formula is C22H23NO3. The summed E-state index contributed by atoms with van der Waals surface area (Å²) in [5, 5.41) is 5.42. The first-order valence-electron chi connectivity index (χ1n) is 9.42. The molecule has 1 saturated carbocycles. The van der Waals surface area contributed by atoms with Gasteiger partial charge >= 0.3 is 5.63 Å². The van der Waals surface area contributed by atoms with Crippen molar-refractivity contribution in [2.45, 2.75) is 38.5 Å². The van der Waals surface area contributed by atoms with Crippen molar-refractivity contribution in [1.29, 1.82) is 0 Å². The molecule has 0 aliphatic heterocycles. The third kappa shape index (κ3) is 3.50. The van der Waals surface area contributed by atoms with Crippen molar-refractivity contribution >= 4 is 27.6 Å². The summed E-state index contributed by atoms with van der Waals surface area (Å²) in [6.45, 7) is 0.770. The lowest BCUT2D eigenvalue weighted by molar-refractivity contribution is -0.120. The Kier molecular flexibility index (Phi) is 4.74. The normalized spacial score (nSPS) is 15.4. The molecule has 134 valence electrons. The van der Waals surface area contributed by atoms with Crippen LogP contribution >= 0.6 is 0 Å². The van der Waals surface area contributed by atoms with Crippen molar-refractivity contribution < 1.29 is 9.21 Å². The molecule has 4 heteroatoms. The lowest BCUT2D eigenvalue weighted by Crippen LogP contribution is -2.31. The topological polar surface area (TPSA) is 59.3 Å². The van der Waals surface area contributed by atoms with E-state index in [4.69, 9.17) is 4.42 Å². The Morgan fingerprint density at radius 2 is 1.77 bits per heavy atom. The molecule has 1 N–H and O–H groups in total. The van der Waals surface area contributed by atoms with Crippen molar-refractivity contribution in [3.8, 4) is 0 Å². The van der Waals surface area contributed by atoms with Crippen LogP contribution in [0, 0.1) is 5.92 Å². The van der Waals surface area contributed by atoms with Crippen LogP contribution in [0.15, 0.2) is 51.7 Å². The highest BCUT2D eigenvalue weighted by molar-refractivity contribution is 6.04. The molecule has 1 amide bonds. The number of benzene rings is 2. The molecule has 1 fully saturated rings. The van der Waals surface area contributed by atoms with Crippen molar-refractivity contribution in [2.75, 3.05) is 6.54 Å². The first kappa shape index (κ1) is 16.8. The van der Waals surface area contributed by atoms with Gasteiger partial charge in [0.05, 0.1) is 11.8 Å². The van der Waals surface area contributed by atoms with Gasteiger partial charge in [0, 0.05) is 11.9 Å². The highest BCUT2D eigenvalue weighted by Gasteiger charge is 2.15. The number of nitrogens with one attached hydrogen (secondary N) is 1. The summed E-state index contributed by atoms with van der Waals surface area (Å²) in [6.07, 6.45) is 6.61. The van der Waals surface area contributed by atoms with Gasteiger partial charge in [-0.15, -0.1) is 0 Å². The van der Waals surface area contributed by atoms with Crippen LogP contribution in [0.25, 0.3) is 21.7 Å². The highest BCUT2D eigenvalue weighted by Crippen LogP contribution is 2.24. The maximum Gasteiger partial charge on any atom is 0.344 e. The first-order valence-corrected chi connectivity index (χ1v) is 9.42. The summed E-state index contributed by atoms with van der Waals surface area (Å²) in [5.41, 5.74) is 1.05. The van der Waals surface area contributed by atoms with E-state index in [2.05, 4.69) is 5.32 Å². The second-order valence-electron chi connectivity index (χ2n) is 7.25. The number of hydrogen-bond acceptors (Lipinski definition) is 3. The SMILES string of the molecule is O=C(Cc1ccc2c(c1)oc(=O)c1ccccc12)NCC1CCCCC1. The molecule has 4 rings (SSSR count). The molecule has 0 atom stereocenters. The quantitative estimate of drug-likeness (QED) is 0.568. The molecule has 1 aliphatic rings. The molecule has 1 aromatic heterocycles. The minimum atomic E-state index is -0.341. The number of carbonyl (C=O) groups excluding carboxylic acids is 1. The lowest BCUT2D eigenvalue weighted by atomic mass is 9.89. The maximum atomic E-state index is 12.3. The molecule has 0 bridgehead atoms. The fourth-order valence-electron chi connectivity index (χ4n) is 3.93. The van der Waals surface area contributed by atoms with E-state index in [1.54, 1.807) is 6.07 Å². The summed E-state index contributed by atoms with van der Waals surface area (Å²) in [4.78, 5) is 24.4. The van der Waals surface area contributed by atoms with E-state index in [1.165, 1.54) is 32.1 Å². The monoisotopic (exact) mass is 349 g/mol. The van der Waals surface area contributed by atoms with E-state index >= 15 is 0 Å². The van der Waals surface area contributed by atoms with Crippen LogP contribution in [0.4, 0.5) is 0 Å². The molecule has 2 aromatic carbocycles. The number of carbonyl (C=O) groups is 1. The Bertz CT molecular complexity index is 999. The largest absolute Gasteiger partial charge is 0.422 e. The molecule has 0 unspecified atom stereocenters. The van der Waals surface area contributed by atoms with Crippen molar-refractivity contribution in [2.24, 2.45) is 5.92 Å². The van der Waals surface area contributed by atoms with Gasteiger partial charge in [-0.3, -0.25) is 4.79 Å². The Labute approximate surface area is 152 Å². The smallest absolute Gasteiger partial charge is 0.344 e. The van der Waals surface area contributed by atoms with Crippen molar-refractivity contribution in [3.05, 3.63) is 58.4 Å². The van der Waals surface area contributed by atoms with Gasteiger partial charge in [0.15, 0.2) is 0 Å². The summed E-state index contributed by atoms with van der Waals surface area (Å²) in [6, 6.07) is 13.1. The van der Waals surface area contributed by atoms with Gasteiger partial charge in [-0.1, -0.05) is 49.6 Å². The average molecular weight is 349 g/mol. The van der Waals surface area contributed by atoms with Crippen molar-refractivity contribution in [3.63, 3.8) is 0 Å².